The van der Waals surface area contributed by atoms with Crippen LogP contribution in [0.2, 0.25) is 0 Å². The fourth-order valence-electron chi connectivity index (χ4n) is 4.97. The van der Waals surface area contributed by atoms with Crippen molar-refractivity contribution in [3.8, 4) is 0 Å². The first kappa shape index (κ1) is 21.0. The summed E-state index contributed by atoms with van der Waals surface area (Å²) < 4.78 is 5.78. The van der Waals surface area contributed by atoms with Crippen molar-refractivity contribution in [3.63, 3.8) is 0 Å². The molecular weight excluding hydrogens is 380 g/mol. The lowest BCUT2D eigenvalue weighted by molar-refractivity contribution is -0.143. The molecule has 2 saturated heterocycles. The van der Waals surface area contributed by atoms with Gasteiger partial charge in [-0.3, -0.25) is 19.3 Å². The largest absolute Gasteiger partial charge is 0.376 e. The quantitative estimate of drug-likeness (QED) is 0.616. The monoisotopic (exact) mass is 412 g/mol. The highest BCUT2D eigenvalue weighted by Crippen LogP contribution is 2.42. The number of nitrogens with zero attached hydrogens (tertiary/aromatic N) is 2. The molecule has 6 nitrogen and oxygen atoms in total. The number of imide groups is 1. The molecule has 30 heavy (non-hydrogen) atoms. The van der Waals surface area contributed by atoms with E-state index in [9.17, 15) is 14.4 Å². The minimum atomic E-state index is -1.10. The summed E-state index contributed by atoms with van der Waals surface area (Å²) in [6, 6.07) is 7.65. The molecule has 2 heterocycles. The predicted molar refractivity (Wildman–Crippen MR) is 113 cm³/mol. The van der Waals surface area contributed by atoms with Crippen molar-refractivity contribution in [2.24, 2.45) is 5.92 Å². The fourth-order valence-corrected chi connectivity index (χ4v) is 4.97. The average Bonchev–Trinajstić information content (AvgIpc) is 3.32. The van der Waals surface area contributed by atoms with Crippen molar-refractivity contribution in [2.45, 2.75) is 63.9 Å². The van der Waals surface area contributed by atoms with E-state index in [1.165, 1.54) is 4.90 Å². The number of rotatable bonds is 8. The lowest BCUT2D eigenvalue weighted by atomic mass is 9.74. The number of likely N-dealkylation sites (N-methyl/N-ethyl adjacent to an activating group) is 1. The zero-order chi connectivity index (χ0) is 21.3. The Labute approximate surface area is 178 Å². The molecule has 1 aromatic carbocycles. The van der Waals surface area contributed by atoms with E-state index in [2.05, 4.69) is 0 Å². The van der Waals surface area contributed by atoms with Gasteiger partial charge in [-0.1, -0.05) is 24.3 Å². The highest BCUT2D eigenvalue weighted by atomic mass is 16.5. The van der Waals surface area contributed by atoms with Crippen LogP contribution < -0.4 is 0 Å². The molecule has 1 aliphatic carbocycles. The average molecular weight is 413 g/mol. The third-order valence-corrected chi connectivity index (χ3v) is 6.81. The molecule has 3 amide bonds. The summed E-state index contributed by atoms with van der Waals surface area (Å²) in [5, 5.41) is 0. The number of hydrogen-bond acceptors (Lipinski definition) is 4. The summed E-state index contributed by atoms with van der Waals surface area (Å²) in [7, 11) is 0. The summed E-state index contributed by atoms with van der Waals surface area (Å²) in [5.41, 5.74) is 0.641. The maximum atomic E-state index is 13.6. The molecule has 2 atom stereocenters. The normalized spacial score (nSPS) is 26.5. The third-order valence-electron chi connectivity index (χ3n) is 6.81. The van der Waals surface area contributed by atoms with E-state index in [4.69, 9.17) is 4.74 Å². The van der Waals surface area contributed by atoms with E-state index < -0.39 is 5.41 Å². The first-order valence-corrected chi connectivity index (χ1v) is 11.2. The Balaban J connectivity index is 1.63. The van der Waals surface area contributed by atoms with Crippen molar-refractivity contribution in [3.05, 3.63) is 35.4 Å². The standard InChI is InChI=1S/C24H32N2O4/c1-3-26-22(28)14-24(23(26)29,20-9-5-4-7-17(20)2)13-21(27)25(15-18-10-11-18)16-19-8-6-12-30-19/h4-5,7,9,18-19H,3,6,8,10-16H2,1-2H3. The van der Waals surface area contributed by atoms with Crippen molar-refractivity contribution in [1.29, 1.82) is 0 Å². The van der Waals surface area contributed by atoms with Gasteiger partial charge in [-0.25, -0.2) is 0 Å². The van der Waals surface area contributed by atoms with E-state index in [1.807, 2.05) is 43.0 Å². The molecule has 6 heteroatoms. The van der Waals surface area contributed by atoms with Crippen LogP contribution in [0.15, 0.2) is 24.3 Å². The van der Waals surface area contributed by atoms with Gasteiger partial charge in [0.05, 0.1) is 11.5 Å². The Hall–Kier alpha value is -2.21. The molecule has 162 valence electrons. The molecule has 0 aromatic heterocycles. The van der Waals surface area contributed by atoms with E-state index in [-0.39, 0.29) is 36.7 Å². The van der Waals surface area contributed by atoms with Crippen LogP contribution in [-0.2, 0) is 24.5 Å². The van der Waals surface area contributed by atoms with Gasteiger partial charge >= 0.3 is 0 Å². The first-order valence-electron chi connectivity index (χ1n) is 11.2. The number of aryl methyl sites for hydroxylation is 1. The number of carbonyl (C=O) groups is 3. The number of hydrogen-bond donors (Lipinski definition) is 0. The minimum absolute atomic E-state index is 0.0400. The maximum absolute atomic E-state index is 13.6. The molecule has 3 aliphatic rings. The van der Waals surface area contributed by atoms with E-state index >= 15 is 0 Å². The molecule has 0 radical (unpaired) electrons. The lowest BCUT2D eigenvalue weighted by Gasteiger charge is -2.32. The molecule has 3 fully saturated rings. The van der Waals surface area contributed by atoms with Gasteiger partial charge in [0, 0.05) is 39.1 Å². The molecular formula is C24H32N2O4. The van der Waals surface area contributed by atoms with Crippen molar-refractivity contribution < 1.29 is 19.1 Å². The highest BCUT2D eigenvalue weighted by molar-refractivity contribution is 6.10. The van der Waals surface area contributed by atoms with E-state index in [0.29, 0.717) is 19.0 Å². The lowest BCUT2D eigenvalue weighted by Crippen LogP contribution is -2.46. The third kappa shape index (κ3) is 4.02. The summed E-state index contributed by atoms with van der Waals surface area (Å²) in [6.07, 6.45) is 4.49. The van der Waals surface area contributed by atoms with Gasteiger partial charge in [0.15, 0.2) is 0 Å². The summed E-state index contributed by atoms with van der Waals surface area (Å²) in [5.74, 6) is 0.0881. The summed E-state index contributed by atoms with van der Waals surface area (Å²) >= 11 is 0. The van der Waals surface area contributed by atoms with Gasteiger partial charge < -0.3 is 9.64 Å². The van der Waals surface area contributed by atoms with Crippen LogP contribution in [0.1, 0.15) is 56.6 Å². The Morgan fingerprint density at radius 1 is 1.20 bits per heavy atom. The zero-order valence-electron chi connectivity index (χ0n) is 18.1. The van der Waals surface area contributed by atoms with Crippen LogP contribution in [0.4, 0.5) is 0 Å². The van der Waals surface area contributed by atoms with Crippen molar-refractivity contribution in [1.82, 2.24) is 9.80 Å². The fraction of sp³-hybridized carbons (Fsp3) is 0.625. The van der Waals surface area contributed by atoms with Gasteiger partial charge in [0.1, 0.15) is 0 Å². The zero-order valence-corrected chi connectivity index (χ0v) is 18.1. The topological polar surface area (TPSA) is 66.9 Å². The Bertz CT molecular complexity index is 828. The van der Waals surface area contributed by atoms with Crippen molar-refractivity contribution >= 4 is 17.7 Å². The summed E-state index contributed by atoms with van der Waals surface area (Å²) in [4.78, 5) is 43.0. The second-order valence-electron chi connectivity index (χ2n) is 9.07. The summed E-state index contributed by atoms with van der Waals surface area (Å²) in [6.45, 7) is 6.15. The SMILES string of the molecule is CCN1C(=O)CC(CC(=O)N(CC2CC2)CC2CCCO2)(c2ccccc2C)C1=O. The molecule has 1 saturated carbocycles. The number of benzene rings is 1. The number of carbonyl (C=O) groups excluding carboxylic acids is 3. The predicted octanol–water partition coefficient (Wildman–Crippen LogP) is 2.82. The molecule has 2 unspecified atom stereocenters. The molecule has 4 rings (SSSR count). The molecule has 1 aromatic rings. The van der Waals surface area contributed by atoms with Crippen LogP contribution >= 0.6 is 0 Å². The number of ether oxygens (including phenoxy) is 1. The molecule has 0 spiro atoms. The van der Waals surface area contributed by atoms with Gasteiger partial charge in [-0.2, -0.15) is 0 Å². The van der Waals surface area contributed by atoms with Gasteiger partial charge in [0.25, 0.3) is 0 Å². The molecule has 0 bridgehead atoms. The number of amides is 3. The number of likely N-dealkylation sites (tertiary alicyclic amines) is 1. The van der Waals surface area contributed by atoms with Crippen LogP contribution in [-0.4, -0.2) is 59.9 Å². The van der Waals surface area contributed by atoms with Crippen LogP contribution in [0.3, 0.4) is 0 Å². The maximum Gasteiger partial charge on any atom is 0.240 e. The van der Waals surface area contributed by atoms with E-state index in [0.717, 1.165) is 50.0 Å². The first-order chi connectivity index (χ1) is 14.4. The van der Waals surface area contributed by atoms with Crippen LogP contribution in [0.25, 0.3) is 0 Å². The molecule has 2 aliphatic heterocycles. The second kappa shape index (κ2) is 8.50. The van der Waals surface area contributed by atoms with Gasteiger partial charge in [-0.15, -0.1) is 0 Å². The Morgan fingerprint density at radius 2 is 1.97 bits per heavy atom. The Kier molecular flexibility index (Phi) is 5.96. The highest BCUT2D eigenvalue weighted by Gasteiger charge is 2.54. The molecule has 0 N–H and O–H groups in total. The minimum Gasteiger partial charge on any atom is -0.376 e. The smallest absolute Gasteiger partial charge is 0.240 e. The van der Waals surface area contributed by atoms with Crippen molar-refractivity contribution in [2.75, 3.05) is 26.2 Å². The Morgan fingerprint density at radius 3 is 2.57 bits per heavy atom. The van der Waals surface area contributed by atoms with Crippen LogP contribution in [0.5, 0.6) is 0 Å². The van der Waals surface area contributed by atoms with Gasteiger partial charge in [0.2, 0.25) is 17.7 Å². The van der Waals surface area contributed by atoms with Crippen LogP contribution in [0, 0.1) is 12.8 Å². The second-order valence-corrected chi connectivity index (χ2v) is 9.07. The van der Waals surface area contributed by atoms with E-state index in [1.54, 1.807) is 0 Å². The van der Waals surface area contributed by atoms with Gasteiger partial charge in [-0.05, 0) is 56.6 Å².